The van der Waals surface area contributed by atoms with Gasteiger partial charge in [0.05, 0.1) is 6.54 Å². The Balaban J connectivity index is 0.00000261. The number of carbonyl (C=O) groups excluding carboxylic acids is 1. The first-order valence-corrected chi connectivity index (χ1v) is 9.14. The van der Waals surface area contributed by atoms with Crippen LogP contribution in [0, 0.1) is 0 Å². The molecule has 1 aliphatic heterocycles. The molecule has 1 aliphatic rings. The molecule has 0 atom stereocenters. The molecule has 6 heteroatoms. The van der Waals surface area contributed by atoms with Crippen LogP contribution in [0.3, 0.4) is 0 Å². The highest BCUT2D eigenvalue weighted by Gasteiger charge is 2.19. The summed E-state index contributed by atoms with van der Waals surface area (Å²) in [5.74, 6) is 0.723. The molecular formula is C21H27IN4O. The Bertz CT molecular complexity index is 747. The first-order chi connectivity index (χ1) is 12.7. The summed E-state index contributed by atoms with van der Waals surface area (Å²) in [5, 5.41) is 3.15. The van der Waals surface area contributed by atoms with Crippen LogP contribution in [0.4, 0.5) is 0 Å². The van der Waals surface area contributed by atoms with Gasteiger partial charge in [-0.25, -0.2) is 4.99 Å². The maximum atomic E-state index is 11.7. The molecule has 0 spiro atoms. The molecule has 1 saturated heterocycles. The van der Waals surface area contributed by atoms with Crippen LogP contribution in [0.25, 0.3) is 0 Å². The van der Waals surface area contributed by atoms with Crippen molar-refractivity contribution >= 4 is 35.8 Å². The number of carbonyl (C=O) groups is 1. The predicted molar refractivity (Wildman–Crippen MR) is 120 cm³/mol. The summed E-state index contributed by atoms with van der Waals surface area (Å²) in [4.78, 5) is 18.0. The van der Waals surface area contributed by atoms with Gasteiger partial charge in [0.25, 0.3) is 0 Å². The van der Waals surface area contributed by atoms with Gasteiger partial charge in [0.15, 0.2) is 5.96 Å². The van der Waals surface area contributed by atoms with E-state index in [1.807, 2.05) is 23.1 Å². The zero-order chi connectivity index (χ0) is 18.2. The largest absolute Gasteiger partial charge is 0.370 e. The number of hydrogen-bond donors (Lipinski definition) is 2. The van der Waals surface area contributed by atoms with Gasteiger partial charge in [-0.3, -0.25) is 4.79 Å². The van der Waals surface area contributed by atoms with E-state index in [9.17, 15) is 4.79 Å². The molecule has 2 aromatic carbocycles. The van der Waals surface area contributed by atoms with Crippen LogP contribution in [0.5, 0.6) is 0 Å². The second-order valence-corrected chi connectivity index (χ2v) is 6.60. The van der Waals surface area contributed by atoms with Crippen molar-refractivity contribution in [3.63, 3.8) is 0 Å². The van der Waals surface area contributed by atoms with Crippen molar-refractivity contribution in [2.45, 2.75) is 32.4 Å². The third-order valence-corrected chi connectivity index (χ3v) is 4.56. The van der Waals surface area contributed by atoms with Crippen molar-refractivity contribution in [2.24, 2.45) is 10.7 Å². The fourth-order valence-corrected chi connectivity index (χ4v) is 3.05. The summed E-state index contributed by atoms with van der Waals surface area (Å²) in [7, 11) is 0. The number of benzene rings is 2. The lowest BCUT2D eigenvalue weighted by Gasteiger charge is -2.15. The van der Waals surface area contributed by atoms with E-state index in [1.54, 1.807) is 0 Å². The number of guanidine groups is 1. The van der Waals surface area contributed by atoms with Gasteiger partial charge in [0.2, 0.25) is 5.91 Å². The Kier molecular flexibility index (Phi) is 8.57. The zero-order valence-electron chi connectivity index (χ0n) is 15.4. The average molecular weight is 478 g/mol. The minimum atomic E-state index is 0. The van der Waals surface area contributed by atoms with Gasteiger partial charge < -0.3 is 16.0 Å². The van der Waals surface area contributed by atoms with Crippen LogP contribution in [0.15, 0.2) is 59.6 Å². The van der Waals surface area contributed by atoms with Crippen LogP contribution in [-0.2, 0) is 24.3 Å². The van der Waals surface area contributed by atoms with Gasteiger partial charge in [0.1, 0.15) is 0 Å². The van der Waals surface area contributed by atoms with E-state index in [-0.39, 0.29) is 29.9 Å². The molecule has 0 bridgehead atoms. The number of rotatable bonds is 7. The molecule has 3 N–H and O–H groups in total. The van der Waals surface area contributed by atoms with Crippen molar-refractivity contribution < 1.29 is 4.79 Å². The molecule has 0 aliphatic carbocycles. The maximum absolute atomic E-state index is 11.7. The van der Waals surface area contributed by atoms with Gasteiger partial charge in [0, 0.05) is 26.1 Å². The van der Waals surface area contributed by atoms with E-state index in [2.05, 4.69) is 46.7 Å². The molecule has 144 valence electrons. The van der Waals surface area contributed by atoms with Gasteiger partial charge in [-0.15, -0.1) is 24.0 Å². The second-order valence-electron chi connectivity index (χ2n) is 6.60. The number of aliphatic imine (C=N–C) groups is 1. The van der Waals surface area contributed by atoms with E-state index in [4.69, 9.17) is 5.73 Å². The topological polar surface area (TPSA) is 70.7 Å². The highest BCUT2D eigenvalue weighted by Crippen LogP contribution is 2.15. The molecule has 0 unspecified atom stereocenters. The van der Waals surface area contributed by atoms with E-state index < -0.39 is 0 Å². The minimum Gasteiger partial charge on any atom is -0.370 e. The Morgan fingerprint density at radius 1 is 1.04 bits per heavy atom. The first kappa shape index (κ1) is 21.2. The summed E-state index contributed by atoms with van der Waals surface area (Å²) in [5.41, 5.74) is 9.47. The first-order valence-electron chi connectivity index (χ1n) is 9.14. The molecule has 5 nitrogen and oxygen atoms in total. The third-order valence-electron chi connectivity index (χ3n) is 4.56. The van der Waals surface area contributed by atoms with Crippen molar-refractivity contribution in [3.8, 4) is 0 Å². The number of nitrogens with two attached hydrogens (primary N) is 1. The van der Waals surface area contributed by atoms with Gasteiger partial charge in [-0.1, -0.05) is 54.6 Å². The monoisotopic (exact) mass is 478 g/mol. The Morgan fingerprint density at radius 3 is 2.41 bits per heavy atom. The number of amides is 1. The van der Waals surface area contributed by atoms with Crippen molar-refractivity contribution in [3.05, 3.63) is 71.3 Å². The molecule has 2 aromatic rings. The van der Waals surface area contributed by atoms with E-state index in [1.165, 1.54) is 5.56 Å². The van der Waals surface area contributed by atoms with Gasteiger partial charge >= 0.3 is 0 Å². The third kappa shape index (κ3) is 6.86. The normalized spacial score (nSPS) is 14.1. The van der Waals surface area contributed by atoms with Gasteiger partial charge in [-0.2, -0.15) is 0 Å². The molecule has 0 saturated carbocycles. The highest BCUT2D eigenvalue weighted by atomic mass is 127. The van der Waals surface area contributed by atoms with Crippen molar-refractivity contribution in [1.29, 1.82) is 0 Å². The second kappa shape index (κ2) is 10.9. The number of nitrogens with one attached hydrogen (secondary N) is 1. The molecule has 0 radical (unpaired) electrons. The van der Waals surface area contributed by atoms with Crippen LogP contribution in [0.1, 0.15) is 29.5 Å². The van der Waals surface area contributed by atoms with Crippen molar-refractivity contribution in [2.75, 3.05) is 13.1 Å². The Labute approximate surface area is 178 Å². The lowest BCUT2D eigenvalue weighted by Crippen LogP contribution is -2.33. The molecule has 3 rings (SSSR count). The summed E-state index contributed by atoms with van der Waals surface area (Å²) in [6.07, 6.45) is 2.58. The predicted octanol–water partition coefficient (Wildman–Crippen LogP) is 3.07. The number of halogens is 1. The summed E-state index contributed by atoms with van der Waals surface area (Å²) >= 11 is 0. The van der Waals surface area contributed by atoms with Crippen molar-refractivity contribution in [1.82, 2.24) is 10.2 Å². The van der Waals surface area contributed by atoms with Crippen LogP contribution < -0.4 is 11.1 Å². The fraction of sp³-hybridized carbons (Fsp3) is 0.333. The lowest BCUT2D eigenvalue weighted by molar-refractivity contribution is -0.128. The van der Waals surface area contributed by atoms with E-state index in [0.29, 0.717) is 25.5 Å². The van der Waals surface area contributed by atoms with Crippen LogP contribution in [-0.4, -0.2) is 29.9 Å². The highest BCUT2D eigenvalue weighted by molar-refractivity contribution is 14.0. The zero-order valence-corrected chi connectivity index (χ0v) is 17.8. The smallest absolute Gasteiger partial charge is 0.222 e. The van der Waals surface area contributed by atoms with E-state index in [0.717, 1.165) is 37.1 Å². The number of hydrogen-bond acceptors (Lipinski definition) is 2. The summed E-state index contributed by atoms with van der Waals surface area (Å²) in [6.45, 7) is 2.89. The number of likely N-dealkylation sites (tertiary alicyclic amines) is 1. The van der Waals surface area contributed by atoms with Gasteiger partial charge in [-0.05, 0) is 29.5 Å². The summed E-state index contributed by atoms with van der Waals surface area (Å²) < 4.78 is 0. The fourth-order valence-electron chi connectivity index (χ4n) is 3.05. The maximum Gasteiger partial charge on any atom is 0.222 e. The molecule has 1 fully saturated rings. The summed E-state index contributed by atoms with van der Waals surface area (Å²) in [6, 6.07) is 18.5. The Morgan fingerprint density at radius 2 is 1.74 bits per heavy atom. The van der Waals surface area contributed by atoms with E-state index >= 15 is 0 Å². The van der Waals surface area contributed by atoms with Crippen LogP contribution >= 0.6 is 24.0 Å². The molecule has 0 aromatic heterocycles. The molecule has 1 heterocycles. The Hall–Kier alpha value is -2.09. The molecule has 27 heavy (non-hydrogen) atoms. The average Bonchev–Trinajstić information content (AvgIpc) is 3.07. The standard InChI is InChI=1S/C21H26N4O.HI/c22-21(23-13-12-17-5-2-1-3-6-17)24-15-18-8-10-19(11-9-18)16-25-14-4-7-20(25)26;/h1-3,5-6,8-11H,4,7,12-16H2,(H3,22,23,24);1H. The SMILES string of the molecule is I.NC(=NCc1ccc(CN2CCCC2=O)cc1)NCCc1ccccc1. The molecular weight excluding hydrogens is 451 g/mol. The minimum absolute atomic E-state index is 0. The molecule has 1 amide bonds. The lowest BCUT2D eigenvalue weighted by atomic mass is 10.1. The quantitative estimate of drug-likeness (QED) is 0.365. The van der Waals surface area contributed by atoms with Crippen LogP contribution in [0.2, 0.25) is 0 Å². The number of nitrogens with zero attached hydrogens (tertiary/aromatic N) is 2.